The van der Waals surface area contributed by atoms with Crippen LogP contribution in [0, 0.1) is 16.7 Å². The van der Waals surface area contributed by atoms with Gasteiger partial charge >= 0.3 is 0 Å². The maximum Gasteiger partial charge on any atom is 0.169 e. The van der Waals surface area contributed by atoms with Crippen LogP contribution >= 0.6 is 0 Å². The smallest absolute Gasteiger partial charge is 0.169 e. The van der Waals surface area contributed by atoms with Gasteiger partial charge in [-0.2, -0.15) is 5.26 Å². The molecule has 0 amide bonds. The fourth-order valence-corrected chi connectivity index (χ4v) is 2.26. The molecule has 0 fully saturated rings. The van der Waals surface area contributed by atoms with Crippen LogP contribution in [-0.4, -0.2) is 5.78 Å². The molecular formula is C13H13NO. The van der Waals surface area contributed by atoms with Crippen molar-refractivity contribution >= 4 is 5.78 Å². The first-order chi connectivity index (χ1) is 7.17. The predicted octanol–water partition coefficient (Wildman–Crippen LogP) is 2.74. The average Bonchev–Trinajstić information content (AvgIpc) is 2.50. The zero-order valence-electron chi connectivity index (χ0n) is 8.79. The Balaban J connectivity index is 2.30. The molecule has 2 rings (SSSR count). The van der Waals surface area contributed by atoms with Crippen molar-refractivity contribution in [2.24, 2.45) is 5.41 Å². The number of benzene rings is 1. The first-order valence-corrected chi connectivity index (χ1v) is 5.17. The Morgan fingerprint density at radius 3 is 2.87 bits per heavy atom. The van der Waals surface area contributed by atoms with Gasteiger partial charge in [0.1, 0.15) is 0 Å². The fraction of sp³-hybridized carbons (Fsp3) is 0.385. The molecule has 2 nitrogen and oxygen atoms in total. The van der Waals surface area contributed by atoms with Crippen molar-refractivity contribution in [2.45, 2.75) is 26.2 Å². The highest BCUT2D eigenvalue weighted by Crippen LogP contribution is 2.39. The summed E-state index contributed by atoms with van der Waals surface area (Å²) < 4.78 is 0. The molecular weight excluding hydrogens is 186 g/mol. The zero-order valence-corrected chi connectivity index (χ0v) is 8.79. The van der Waals surface area contributed by atoms with Gasteiger partial charge in [0, 0.05) is 17.4 Å². The van der Waals surface area contributed by atoms with Gasteiger partial charge in [-0.15, -0.1) is 0 Å². The maximum absolute atomic E-state index is 12.1. The second-order valence-corrected chi connectivity index (χ2v) is 4.38. The summed E-state index contributed by atoms with van der Waals surface area (Å²) in [6.45, 7) is 1.96. The number of hydrogen-bond acceptors (Lipinski definition) is 2. The molecule has 1 aliphatic rings. The van der Waals surface area contributed by atoms with Crippen LogP contribution in [-0.2, 0) is 6.42 Å². The molecule has 0 bridgehead atoms. The zero-order chi connectivity index (χ0) is 10.9. The van der Waals surface area contributed by atoms with Crippen molar-refractivity contribution in [1.29, 1.82) is 5.26 Å². The number of nitrogens with zero attached hydrogens (tertiary/aromatic N) is 1. The summed E-state index contributed by atoms with van der Waals surface area (Å²) in [5, 5.41) is 8.58. The van der Waals surface area contributed by atoms with E-state index in [2.05, 4.69) is 6.07 Å². The molecule has 0 saturated carbocycles. The lowest BCUT2D eigenvalue weighted by atomic mass is 9.82. The standard InChI is InChI=1S/C13H13NO/c1-13(7-4-8-14)9-10-5-2-3-6-11(10)12(13)15/h2-3,5-6H,4,7,9H2,1H3/t13-/m1/s1. The number of Topliss-reactive ketones (excluding diaryl/α,β-unsaturated/α-hetero) is 1. The molecule has 2 heteroatoms. The van der Waals surface area contributed by atoms with E-state index in [0.29, 0.717) is 12.8 Å². The highest BCUT2D eigenvalue weighted by molar-refractivity contribution is 6.04. The fourth-order valence-electron chi connectivity index (χ4n) is 2.26. The van der Waals surface area contributed by atoms with Crippen molar-refractivity contribution < 1.29 is 4.79 Å². The average molecular weight is 199 g/mol. The van der Waals surface area contributed by atoms with Gasteiger partial charge in [-0.1, -0.05) is 31.2 Å². The lowest BCUT2D eigenvalue weighted by Crippen LogP contribution is -2.23. The maximum atomic E-state index is 12.1. The van der Waals surface area contributed by atoms with E-state index in [-0.39, 0.29) is 11.2 Å². The van der Waals surface area contributed by atoms with Gasteiger partial charge in [-0.25, -0.2) is 0 Å². The topological polar surface area (TPSA) is 40.9 Å². The Hall–Kier alpha value is -1.62. The molecule has 1 atom stereocenters. The molecule has 1 aromatic rings. The number of hydrogen-bond donors (Lipinski definition) is 0. The van der Waals surface area contributed by atoms with E-state index in [9.17, 15) is 4.79 Å². The number of fused-ring (bicyclic) bond motifs is 1. The lowest BCUT2D eigenvalue weighted by Gasteiger charge is -2.19. The van der Waals surface area contributed by atoms with Gasteiger partial charge in [0.05, 0.1) is 6.07 Å². The van der Waals surface area contributed by atoms with Crippen LogP contribution in [0.15, 0.2) is 24.3 Å². The molecule has 15 heavy (non-hydrogen) atoms. The lowest BCUT2D eigenvalue weighted by molar-refractivity contribution is 0.0832. The van der Waals surface area contributed by atoms with E-state index in [1.165, 1.54) is 0 Å². The Bertz CT molecular complexity index is 444. The first-order valence-electron chi connectivity index (χ1n) is 5.17. The molecule has 0 spiro atoms. The predicted molar refractivity (Wildman–Crippen MR) is 57.4 cm³/mol. The third-order valence-electron chi connectivity index (χ3n) is 3.18. The van der Waals surface area contributed by atoms with E-state index >= 15 is 0 Å². The molecule has 0 heterocycles. The molecule has 76 valence electrons. The number of carbonyl (C=O) groups excluding carboxylic acids is 1. The van der Waals surface area contributed by atoms with Crippen LogP contribution in [0.3, 0.4) is 0 Å². The monoisotopic (exact) mass is 199 g/mol. The van der Waals surface area contributed by atoms with Gasteiger partial charge in [0.25, 0.3) is 0 Å². The molecule has 0 aliphatic heterocycles. The van der Waals surface area contributed by atoms with Crippen LogP contribution in [0.25, 0.3) is 0 Å². The minimum Gasteiger partial charge on any atom is -0.294 e. The van der Waals surface area contributed by atoms with E-state index in [1.807, 2.05) is 31.2 Å². The van der Waals surface area contributed by atoms with Crippen molar-refractivity contribution in [3.8, 4) is 6.07 Å². The second-order valence-electron chi connectivity index (χ2n) is 4.38. The summed E-state index contributed by atoms with van der Waals surface area (Å²) in [4.78, 5) is 12.1. The molecule has 0 N–H and O–H groups in total. The summed E-state index contributed by atoms with van der Waals surface area (Å²) >= 11 is 0. The van der Waals surface area contributed by atoms with Crippen molar-refractivity contribution in [2.75, 3.05) is 0 Å². The normalized spacial score (nSPS) is 23.6. The van der Waals surface area contributed by atoms with Crippen molar-refractivity contribution in [3.63, 3.8) is 0 Å². The Kier molecular flexibility index (Phi) is 2.32. The highest BCUT2D eigenvalue weighted by Gasteiger charge is 2.40. The van der Waals surface area contributed by atoms with Gasteiger partial charge in [-0.05, 0) is 18.4 Å². The molecule has 0 radical (unpaired) electrons. The second kappa shape index (κ2) is 3.51. The SMILES string of the molecule is C[C@@]1(CCC#N)Cc2ccccc2C1=O. The minimum absolute atomic E-state index is 0.202. The van der Waals surface area contributed by atoms with Gasteiger partial charge in [0.2, 0.25) is 0 Å². The third kappa shape index (κ3) is 1.55. The van der Waals surface area contributed by atoms with E-state index in [0.717, 1.165) is 17.5 Å². The summed E-state index contributed by atoms with van der Waals surface area (Å²) in [6.07, 6.45) is 1.90. The molecule has 1 aromatic carbocycles. The summed E-state index contributed by atoms with van der Waals surface area (Å²) in [5.41, 5.74) is 1.63. The van der Waals surface area contributed by atoms with Crippen LogP contribution in [0.1, 0.15) is 35.7 Å². The minimum atomic E-state index is -0.348. The van der Waals surface area contributed by atoms with Gasteiger partial charge in [0.15, 0.2) is 5.78 Å². The van der Waals surface area contributed by atoms with Crippen LogP contribution in [0.2, 0.25) is 0 Å². The summed E-state index contributed by atoms with van der Waals surface area (Å²) in [5.74, 6) is 0.202. The van der Waals surface area contributed by atoms with Gasteiger partial charge < -0.3 is 0 Å². The van der Waals surface area contributed by atoms with E-state index in [4.69, 9.17) is 5.26 Å². The quantitative estimate of drug-likeness (QED) is 0.734. The van der Waals surface area contributed by atoms with Crippen molar-refractivity contribution in [1.82, 2.24) is 0 Å². The number of carbonyl (C=O) groups is 1. The van der Waals surface area contributed by atoms with Crippen molar-refractivity contribution in [3.05, 3.63) is 35.4 Å². The Morgan fingerprint density at radius 1 is 1.47 bits per heavy atom. The summed E-state index contributed by atoms with van der Waals surface area (Å²) in [6, 6.07) is 9.86. The molecule has 1 aliphatic carbocycles. The first kappa shape index (κ1) is 9.92. The van der Waals surface area contributed by atoms with E-state index in [1.54, 1.807) is 0 Å². The molecule has 0 saturated heterocycles. The Morgan fingerprint density at radius 2 is 2.20 bits per heavy atom. The number of rotatable bonds is 2. The number of ketones is 1. The Labute approximate surface area is 89.5 Å². The molecule has 0 unspecified atom stereocenters. The van der Waals surface area contributed by atoms with E-state index < -0.39 is 0 Å². The van der Waals surface area contributed by atoms with Crippen LogP contribution in [0.5, 0.6) is 0 Å². The highest BCUT2D eigenvalue weighted by atomic mass is 16.1. The summed E-state index contributed by atoms with van der Waals surface area (Å²) in [7, 11) is 0. The largest absolute Gasteiger partial charge is 0.294 e. The third-order valence-corrected chi connectivity index (χ3v) is 3.18. The van der Waals surface area contributed by atoms with Crippen LogP contribution in [0.4, 0.5) is 0 Å². The van der Waals surface area contributed by atoms with Gasteiger partial charge in [-0.3, -0.25) is 4.79 Å². The van der Waals surface area contributed by atoms with Crippen LogP contribution < -0.4 is 0 Å². The number of nitriles is 1. The molecule has 0 aromatic heterocycles.